The lowest BCUT2D eigenvalue weighted by molar-refractivity contribution is 0.0556. The molecule has 1 aromatic carbocycles. The number of aryl methyl sites for hydroxylation is 1. The second-order valence-electron chi connectivity index (χ2n) is 8.10. The first-order chi connectivity index (χ1) is 17.1. The Labute approximate surface area is 200 Å². The summed E-state index contributed by atoms with van der Waals surface area (Å²) in [7, 11) is 4.64. The van der Waals surface area contributed by atoms with E-state index in [1.807, 2.05) is 24.3 Å². The number of carbonyl (C=O) groups excluding carboxylic acids is 1. The van der Waals surface area contributed by atoms with Crippen LogP contribution in [0.1, 0.15) is 23.5 Å². The van der Waals surface area contributed by atoms with Gasteiger partial charge in [-0.25, -0.2) is 14.8 Å². The molecule has 0 aliphatic heterocycles. The number of nitrogens with one attached hydrogen (secondary N) is 2. The molecule has 0 bridgehead atoms. The average molecular weight is 476 g/mol. The highest BCUT2D eigenvalue weighted by molar-refractivity contribution is 5.86. The Morgan fingerprint density at radius 3 is 2.74 bits per heavy atom. The van der Waals surface area contributed by atoms with Gasteiger partial charge in [0.05, 0.1) is 36.7 Å². The van der Waals surface area contributed by atoms with Gasteiger partial charge in [0.2, 0.25) is 0 Å². The normalized spacial score (nSPS) is 12.9. The van der Waals surface area contributed by atoms with Crippen LogP contribution in [0.5, 0.6) is 5.75 Å². The van der Waals surface area contributed by atoms with Crippen LogP contribution in [0.3, 0.4) is 0 Å². The summed E-state index contributed by atoms with van der Waals surface area (Å²) in [6, 6.07) is 7.49. The van der Waals surface area contributed by atoms with Crippen LogP contribution >= 0.6 is 0 Å². The molecule has 5 rings (SSSR count). The highest BCUT2D eigenvalue weighted by atomic mass is 16.5. The Balaban J connectivity index is 1.53. The summed E-state index contributed by atoms with van der Waals surface area (Å²) in [6.45, 7) is 0.850. The highest BCUT2D eigenvalue weighted by Gasteiger charge is 2.23. The van der Waals surface area contributed by atoms with Gasteiger partial charge in [-0.2, -0.15) is 5.10 Å². The first-order valence-corrected chi connectivity index (χ1v) is 11.0. The number of pyridine rings is 1. The van der Waals surface area contributed by atoms with E-state index in [1.54, 1.807) is 31.4 Å². The maximum absolute atomic E-state index is 11.8. The Morgan fingerprint density at radius 1 is 1.17 bits per heavy atom. The van der Waals surface area contributed by atoms with E-state index in [1.165, 1.54) is 20.0 Å². The summed E-state index contributed by atoms with van der Waals surface area (Å²) in [5, 5.41) is 18.9. The molecule has 1 fully saturated rings. The molecule has 1 aliphatic rings. The fraction of sp³-hybridized carbons (Fsp3) is 0.304. The van der Waals surface area contributed by atoms with Crippen molar-refractivity contribution < 1.29 is 18.7 Å². The van der Waals surface area contributed by atoms with Crippen molar-refractivity contribution in [3.63, 3.8) is 0 Å². The van der Waals surface area contributed by atoms with E-state index >= 15 is 0 Å². The molecule has 0 radical (unpaired) electrons. The lowest BCUT2D eigenvalue weighted by Crippen LogP contribution is -2.06. The van der Waals surface area contributed by atoms with Crippen molar-refractivity contribution in [2.45, 2.75) is 12.8 Å². The lowest BCUT2D eigenvalue weighted by atomic mass is 10.1. The van der Waals surface area contributed by atoms with Gasteiger partial charge in [-0.05, 0) is 30.9 Å². The van der Waals surface area contributed by atoms with Crippen LogP contribution in [0.4, 0.5) is 17.2 Å². The zero-order valence-electron chi connectivity index (χ0n) is 19.5. The predicted molar refractivity (Wildman–Crippen MR) is 126 cm³/mol. The molecule has 0 unspecified atom stereocenters. The van der Waals surface area contributed by atoms with Crippen LogP contribution in [-0.2, 0) is 11.8 Å². The fourth-order valence-electron chi connectivity index (χ4n) is 3.54. The van der Waals surface area contributed by atoms with Crippen molar-refractivity contribution in [3.05, 3.63) is 42.7 Å². The van der Waals surface area contributed by atoms with Gasteiger partial charge in [-0.3, -0.25) is 4.68 Å². The molecular weight excluding hydrogens is 452 g/mol. The van der Waals surface area contributed by atoms with E-state index in [-0.39, 0.29) is 11.8 Å². The van der Waals surface area contributed by atoms with E-state index in [4.69, 9.17) is 9.15 Å². The summed E-state index contributed by atoms with van der Waals surface area (Å²) in [5.41, 5.74) is 2.54. The van der Waals surface area contributed by atoms with Gasteiger partial charge in [0.1, 0.15) is 12.1 Å². The summed E-state index contributed by atoms with van der Waals surface area (Å²) >= 11 is 0. The zero-order chi connectivity index (χ0) is 24.4. The van der Waals surface area contributed by atoms with Gasteiger partial charge in [-0.15, -0.1) is 10.2 Å². The standard InChI is InChI=1S/C23H24N8O4/c1-31-12-26-20(30-31)14-5-4-6-16(19(14)33-2)27-17-9-18(24-10-13-7-8-13)25-11-15(17)21-28-29-22(35-21)23(32)34-3/h4-6,9,11-13H,7-8,10H2,1-3H3,(H2,24,25,27). The molecule has 1 saturated carbocycles. The number of rotatable bonds is 9. The first-order valence-electron chi connectivity index (χ1n) is 11.0. The molecule has 0 amide bonds. The van der Waals surface area contributed by atoms with Crippen molar-refractivity contribution in [3.8, 4) is 28.6 Å². The zero-order valence-corrected chi connectivity index (χ0v) is 19.5. The third-order valence-corrected chi connectivity index (χ3v) is 5.52. The fourth-order valence-corrected chi connectivity index (χ4v) is 3.54. The molecule has 12 nitrogen and oxygen atoms in total. The maximum atomic E-state index is 11.8. The van der Waals surface area contributed by atoms with Gasteiger partial charge in [-0.1, -0.05) is 6.07 Å². The van der Waals surface area contributed by atoms with Crippen molar-refractivity contribution in [1.82, 2.24) is 29.9 Å². The molecule has 12 heteroatoms. The van der Waals surface area contributed by atoms with Crippen molar-refractivity contribution in [2.75, 3.05) is 31.4 Å². The number of ether oxygens (including phenoxy) is 2. The monoisotopic (exact) mass is 476 g/mol. The predicted octanol–water partition coefficient (Wildman–Crippen LogP) is 3.29. The Kier molecular flexibility index (Phi) is 6.00. The molecular formula is C23H24N8O4. The van der Waals surface area contributed by atoms with Crippen molar-refractivity contribution in [2.24, 2.45) is 13.0 Å². The van der Waals surface area contributed by atoms with E-state index in [2.05, 4.69) is 40.6 Å². The van der Waals surface area contributed by atoms with Gasteiger partial charge in [0, 0.05) is 25.9 Å². The number of nitrogens with zero attached hydrogens (tertiary/aromatic N) is 6. The van der Waals surface area contributed by atoms with Crippen molar-refractivity contribution in [1.29, 1.82) is 0 Å². The molecule has 0 saturated heterocycles. The van der Waals surface area contributed by atoms with Crippen LogP contribution < -0.4 is 15.4 Å². The molecule has 2 N–H and O–H groups in total. The molecule has 180 valence electrons. The van der Waals surface area contributed by atoms with Crippen molar-refractivity contribution >= 4 is 23.2 Å². The number of benzene rings is 1. The number of aromatic nitrogens is 6. The minimum Gasteiger partial charge on any atom is -0.494 e. The number of esters is 1. The first kappa shape index (κ1) is 22.3. The van der Waals surface area contributed by atoms with E-state index < -0.39 is 5.97 Å². The lowest BCUT2D eigenvalue weighted by Gasteiger charge is -2.16. The number of carbonyl (C=O) groups is 1. The second kappa shape index (κ2) is 9.41. The molecule has 4 aromatic rings. The van der Waals surface area contributed by atoms with Gasteiger partial charge < -0.3 is 24.5 Å². The Hall–Kier alpha value is -4.48. The van der Waals surface area contributed by atoms with E-state index in [0.29, 0.717) is 40.2 Å². The molecule has 35 heavy (non-hydrogen) atoms. The summed E-state index contributed by atoms with van der Waals surface area (Å²) in [5.74, 6) is 1.63. The van der Waals surface area contributed by atoms with E-state index in [9.17, 15) is 4.79 Å². The molecule has 3 heterocycles. The summed E-state index contributed by atoms with van der Waals surface area (Å²) < 4.78 is 17.6. The van der Waals surface area contributed by atoms with Crippen LogP contribution in [0.25, 0.3) is 22.8 Å². The Bertz CT molecular complexity index is 1360. The van der Waals surface area contributed by atoms with Crippen LogP contribution in [-0.4, -0.2) is 56.7 Å². The Morgan fingerprint density at radius 2 is 2.03 bits per heavy atom. The second-order valence-corrected chi connectivity index (χ2v) is 8.10. The molecule has 0 atom stereocenters. The minimum atomic E-state index is -0.717. The summed E-state index contributed by atoms with van der Waals surface area (Å²) in [6.07, 6.45) is 5.69. The van der Waals surface area contributed by atoms with Gasteiger partial charge >= 0.3 is 11.9 Å². The SMILES string of the molecule is COC(=O)c1nnc(-c2cnc(NCC3CC3)cc2Nc2cccc(-c3ncn(C)n3)c2OC)o1. The number of para-hydroxylation sites is 1. The third kappa shape index (κ3) is 4.76. The molecule has 0 spiro atoms. The maximum Gasteiger partial charge on any atom is 0.396 e. The quantitative estimate of drug-likeness (QED) is 0.344. The number of hydrogen-bond donors (Lipinski definition) is 2. The largest absolute Gasteiger partial charge is 0.494 e. The topological polar surface area (TPSA) is 142 Å². The molecule has 3 aromatic heterocycles. The number of anilines is 3. The third-order valence-electron chi connectivity index (χ3n) is 5.52. The van der Waals surface area contributed by atoms with Gasteiger partial charge in [0.15, 0.2) is 11.6 Å². The minimum absolute atomic E-state index is 0.121. The van der Waals surface area contributed by atoms with E-state index in [0.717, 1.165) is 12.1 Å². The number of hydrogen-bond acceptors (Lipinski definition) is 11. The van der Waals surface area contributed by atoms with Crippen LogP contribution in [0, 0.1) is 5.92 Å². The molecule has 1 aliphatic carbocycles. The average Bonchev–Trinajstić information content (AvgIpc) is 3.39. The van der Waals surface area contributed by atoms with Crippen LogP contribution in [0.2, 0.25) is 0 Å². The van der Waals surface area contributed by atoms with Crippen LogP contribution in [0.15, 0.2) is 41.2 Å². The smallest absolute Gasteiger partial charge is 0.396 e. The number of methoxy groups -OCH3 is 2. The summed E-state index contributed by atoms with van der Waals surface area (Å²) in [4.78, 5) is 20.6. The highest BCUT2D eigenvalue weighted by Crippen LogP contribution is 2.39. The van der Waals surface area contributed by atoms with Gasteiger partial charge in [0.25, 0.3) is 5.89 Å².